The van der Waals surface area contributed by atoms with Gasteiger partial charge in [0.15, 0.2) is 6.10 Å². The molecule has 6 atom stereocenters. The number of ether oxygens (including phenoxy) is 2. The summed E-state index contributed by atoms with van der Waals surface area (Å²) < 4.78 is 32.7. The Morgan fingerprint density at radius 1 is 0.726 bits per heavy atom. The van der Waals surface area contributed by atoms with Crippen LogP contribution in [0, 0.1) is 0 Å². The van der Waals surface area contributed by atoms with Gasteiger partial charge in [-0.05, 0) is 32.1 Å². The number of carbonyl (C=O) groups excluding carboxylic acids is 4. The summed E-state index contributed by atoms with van der Waals surface area (Å²) in [4.78, 5) is 69.8. The number of hydrogen-bond acceptors (Lipinski definition) is 12. The summed E-state index contributed by atoms with van der Waals surface area (Å²) in [6, 6.07) is -1.16. The van der Waals surface area contributed by atoms with E-state index in [4.69, 9.17) is 24.8 Å². The van der Waals surface area contributed by atoms with Crippen molar-refractivity contribution < 1.29 is 57.1 Å². The predicted octanol–water partition coefficient (Wildman–Crippen LogP) is 8.21. The number of phosphoric ester groups is 1. The molecule has 0 saturated carbocycles. The fraction of sp³-hybridized carbons (Fsp3) is 0.886. The molecule has 2 heterocycles. The molecule has 3 amide bonds. The van der Waals surface area contributed by atoms with E-state index >= 15 is 0 Å². The van der Waals surface area contributed by atoms with Crippen molar-refractivity contribution in [2.24, 2.45) is 5.73 Å². The Bertz CT molecular complexity index is 1320. The number of hydrogen-bond donors (Lipinski definition) is 6. The number of nitrogens with two attached hydrogens (primary N) is 1. The molecule has 360 valence electrons. The van der Waals surface area contributed by atoms with E-state index in [-0.39, 0.29) is 43.5 Å². The van der Waals surface area contributed by atoms with E-state index in [2.05, 4.69) is 27.4 Å². The van der Waals surface area contributed by atoms with E-state index in [0.717, 1.165) is 95.6 Å². The molecule has 2 saturated heterocycles. The van der Waals surface area contributed by atoms with Crippen LogP contribution in [-0.2, 0) is 42.3 Å². The minimum Gasteiger partial charge on any atom is -0.480 e. The molecule has 7 N–H and O–H groups in total. The average Bonchev–Trinajstić information content (AvgIpc) is 3.80. The summed E-state index contributed by atoms with van der Waals surface area (Å²) in [5, 5.41) is 18.3. The largest absolute Gasteiger partial charge is 0.480 e. The molecule has 0 aromatic heterocycles. The lowest BCUT2D eigenvalue weighted by Crippen LogP contribution is -2.36. The van der Waals surface area contributed by atoms with Crippen molar-refractivity contribution >= 4 is 49.4 Å². The SMILES string of the molecule is CCCCCCCCCCCCCCCC(=O)OC[C@H](COP(=O)(O)OC[C@H](N)C(=O)O)OC(=O)CCCCCCCCCCCNC(=O)CCCC[C@@H]1SC[C@@H]2NC(=O)N[C@@H]21. The van der Waals surface area contributed by atoms with Gasteiger partial charge >= 0.3 is 31.8 Å². The van der Waals surface area contributed by atoms with Gasteiger partial charge in [0.25, 0.3) is 0 Å². The van der Waals surface area contributed by atoms with E-state index in [1.54, 1.807) is 0 Å². The van der Waals surface area contributed by atoms with Crippen molar-refractivity contribution in [3.8, 4) is 0 Å². The predicted molar refractivity (Wildman–Crippen MR) is 242 cm³/mol. The number of fused-ring (bicyclic) bond motifs is 1. The molecule has 2 fully saturated rings. The number of rotatable bonds is 41. The zero-order chi connectivity index (χ0) is 45.3. The van der Waals surface area contributed by atoms with E-state index < -0.39 is 51.1 Å². The second-order valence-corrected chi connectivity index (χ2v) is 19.7. The third-order valence-electron chi connectivity index (χ3n) is 11.3. The fourth-order valence-electron chi connectivity index (χ4n) is 7.59. The zero-order valence-corrected chi connectivity index (χ0v) is 39.3. The molecule has 62 heavy (non-hydrogen) atoms. The number of phosphoric acid groups is 1. The van der Waals surface area contributed by atoms with Gasteiger partial charge in [-0.2, -0.15) is 11.8 Å². The van der Waals surface area contributed by atoms with Crippen LogP contribution in [0.1, 0.15) is 187 Å². The van der Waals surface area contributed by atoms with Gasteiger partial charge in [0.05, 0.1) is 25.3 Å². The highest BCUT2D eigenvalue weighted by atomic mass is 32.2. The molecule has 0 spiro atoms. The maximum atomic E-state index is 12.7. The van der Waals surface area contributed by atoms with E-state index in [1.807, 2.05) is 11.8 Å². The lowest BCUT2D eigenvalue weighted by Gasteiger charge is -2.20. The average molecular weight is 921 g/mol. The maximum Gasteiger partial charge on any atom is 0.472 e. The van der Waals surface area contributed by atoms with Crippen molar-refractivity contribution in [1.29, 1.82) is 0 Å². The van der Waals surface area contributed by atoms with Gasteiger partial charge in [-0.15, -0.1) is 0 Å². The van der Waals surface area contributed by atoms with Crippen LogP contribution < -0.4 is 21.7 Å². The smallest absolute Gasteiger partial charge is 0.472 e. The highest BCUT2D eigenvalue weighted by Crippen LogP contribution is 2.43. The topological polar surface area (TPSA) is 242 Å². The first kappa shape index (κ1) is 55.7. The van der Waals surface area contributed by atoms with Crippen molar-refractivity contribution in [2.45, 2.75) is 216 Å². The van der Waals surface area contributed by atoms with Gasteiger partial charge in [0.2, 0.25) is 5.91 Å². The molecular formula is C44H81N4O12PS. The lowest BCUT2D eigenvalue weighted by atomic mass is 10.0. The Morgan fingerprint density at radius 2 is 1.24 bits per heavy atom. The van der Waals surface area contributed by atoms with Gasteiger partial charge in [0, 0.05) is 36.8 Å². The number of thioether (sulfide) groups is 1. The molecular weight excluding hydrogens is 840 g/mol. The minimum atomic E-state index is -4.74. The number of carbonyl (C=O) groups is 5. The Kier molecular flexibility index (Phi) is 31.4. The second-order valence-electron chi connectivity index (χ2n) is 16.9. The highest BCUT2D eigenvalue weighted by Gasteiger charge is 2.42. The summed E-state index contributed by atoms with van der Waals surface area (Å²) in [6.45, 7) is 1.18. The van der Waals surface area contributed by atoms with Crippen LogP contribution in [0.5, 0.6) is 0 Å². The molecule has 0 aromatic rings. The van der Waals surface area contributed by atoms with Gasteiger partial charge in [-0.25, -0.2) is 9.36 Å². The van der Waals surface area contributed by atoms with E-state index in [0.29, 0.717) is 31.1 Å². The zero-order valence-electron chi connectivity index (χ0n) is 37.6. The number of carboxylic acids is 1. The summed E-state index contributed by atoms with van der Waals surface area (Å²) in [6.07, 6.45) is 26.6. The number of unbranched alkanes of at least 4 members (excludes halogenated alkanes) is 21. The van der Waals surface area contributed by atoms with Crippen LogP contribution in [0.4, 0.5) is 4.79 Å². The number of esters is 2. The summed E-state index contributed by atoms with van der Waals surface area (Å²) >= 11 is 1.90. The van der Waals surface area contributed by atoms with Crippen LogP contribution in [0.2, 0.25) is 0 Å². The third-order valence-corrected chi connectivity index (χ3v) is 13.8. The van der Waals surface area contributed by atoms with Crippen LogP contribution >= 0.6 is 19.6 Å². The molecule has 0 aliphatic carbocycles. The van der Waals surface area contributed by atoms with Gasteiger partial charge in [-0.3, -0.25) is 28.2 Å². The van der Waals surface area contributed by atoms with Crippen molar-refractivity contribution in [3.63, 3.8) is 0 Å². The summed E-state index contributed by atoms with van der Waals surface area (Å²) in [5.74, 6) is -1.39. The molecule has 0 bridgehead atoms. The summed E-state index contributed by atoms with van der Waals surface area (Å²) in [5.41, 5.74) is 5.34. The quantitative estimate of drug-likeness (QED) is 0.0147. The molecule has 18 heteroatoms. The van der Waals surface area contributed by atoms with Gasteiger partial charge in [-0.1, -0.05) is 135 Å². The van der Waals surface area contributed by atoms with Crippen LogP contribution in [0.3, 0.4) is 0 Å². The van der Waals surface area contributed by atoms with E-state index in [1.165, 1.54) is 57.8 Å². The van der Waals surface area contributed by atoms with Crippen molar-refractivity contribution in [1.82, 2.24) is 16.0 Å². The first-order valence-corrected chi connectivity index (χ1v) is 26.3. The van der Waals surface area contributed by atoms with E-state index in [9.17, 15) is 33.4 Å². The van der Waals surface area contributed by atoms with Crippen molar-refractivity contribution in [3.05, 3.63) is 0 Å². The van der Waals surface area contributed by atoms with Crippen LogP contribution in [0.25, 0.3) is 0 Å². The maximum absolute atomic E-state index is 12.7. The first-order valence-electron chi connectivity index (χ1n) is 23.8. The Hall–Kier alpha value is -2.43. The number of carboxylic acid groups (broad SMARTS) is 1. The summed E-state index contributed by atoms with van der Waals surface area (Å²) in [7, 11) is -4.74. The Morgan fingerprint density at radius 3 is 1.82 bits per heavy atom. The first-order chi connectivity index (χ1) is 29.9. The molecule has 0 radical (unpaired) electrons. The van der Waals surface area contributed by atoms with Crippen LogP contribution in [0.15, 0.2) is 0 Å². The molecule has 2 aliphatic rings. The fourth-order valence-corrected chi connectivity index (χ4v) is 9.91. The standard InChI is InChI=1S/C44H81N4O12PS/c1-2-3-4-5-6-7-8-9-10-12-15-18-21-28-40(50)57-31-35(32-58-61(55,56)59-33-36(45)43(52)53)60-41(51)29-22-19-16-13-11-14-17-20-25-30-46-39(49)27-24-23-26-38-42-37(34-62-38)47-44(54)48-42/h35-38,42H,2-34,45H2,1H3,(H,46,49)(H,52,53)(H,55,56)(H2,47,48,54)/t35-,36+,37+,38+,42+/m1/s1. The second kappa shape index (κ2) is 34.9. The number of aliphatic carboxylic acids is 1. The minimum absolute atomic E-state index is 0.0685. The third kappa shape index (κ3) is 28.4. The number of amides is 3. The Balaban J connectivity index is 1.52. The lowest BCUT2D eigenvalue weighted by molar-refractivity contribution is -0.161. The normalized spacial score (nSPS) is 18.9. The molecule has 1 unspecified atom stereocenters. The molecule has 2 rings (SSSR count). The molecule has 16 nitrogen and oxygen atoms in total. The van der Waals surface area contributed by atoms with Gasteiger partial charge < -0.3 is 41.2 Å². The number of nitrogens with one attached hydrogen (secondary N) is 3. The van der Waals surface area contributed by atoms with Crippen molar-refractivity contribution in [2.75, 3.05) is 32.1 Å². The Labute approximate surface area is 375 Å². The highest BCUT2D eigenvalue weighted by molar-refractivity contribution is 8.00. The van der Waals surface area contributed by atoms with Crippen LogP contribution in [-0.4, -0.2) is 101 Å². The molecule has 0 aromatic carbocycles. The monoisotopic (exact) mass is 921 g/mol. The molecule has 2 aliphatic heterocycles. The van der Waals surface area contributed by atoms with Gasteiger partial charge in [0.1, 0.15) is 12.6 Å². The number of urea groups is 1.